The number of fused-ring (bicyclic) bond motifs is 1. The predicted molar refractivity (Wildman–Crippen MR) is 175 cm³/mol. The number of likely N-dealkylation sites (N-methyl/N-ethyl adjacent to an activating group) is 1. The minimum atomic E-state index is -1.41. The smallest absolute Gasteiger partial charge is 0.251 e. The maximum absolute atomic E-state index is 13.1. The van der Waals surface area contributed by atoms with Crippen molar-refractivity contribution in [3.63, 3.8) is 0 Å². The van der Waals surface area contributed by atoms with Gasteiger partial charge in [-0.15, -0.1) is 0 Å². The van der Waals surface area contributed by atoms with Crippen molar-refractivity contribution in [2.75, 3.05) is 18.9 Å². The molecule has 0 spiro atoms. The van der Waals surface area contributed by atoms with E-state index in [1.54, 1.807) is 0 Å². The average molecular weight is 630 g/mol. The molecule has 4 atom stereocenters. The number of nitrogens with zero attached hydrogens (tertiary/aromatic N) is 4. The van der Waals surface area contributed by atoms with Crippen LogP contribution in [-0.2, 0) is 26.8 Å². The number of aromatic nitrogens is 4. The molecule has 244 valence electrons. The number of carbonyl (C=O) groups is 2. The van der Waals surface area contributed by atoms with E-state index in [1.807, 2.05) is 36.4 Å². The van der Waals surface area contributed by atoms with Crippen molar-refractivity contribution in [1.29, 1.82) is 0 Å². The van der Waals surface area contributed by atoms with Crippen molar-refractivity contribution >= 4 is 34.5 Å². The van der Waals surface area contributed by atoms with Gasteiger partial charge in [0, 0.05) is 24.8 Å². The van der Waals surface area contributed by atoms with Gasteiger partial charge in [-0.25, -0.2) is 15.0 Å². The number of ether oxygens (including phenoxy) is 1. The van der Waals surface area contributed by atoms with Crippen molar-refractivity contribution in [3.8, 4) is 0 Å². The third-order valence-corrected chi connectivity index (χ3v) is 8.22. The van der Waals surface area contributed by atoms with E-state index < -0.39 is 30.4 Å². The monoisotopic (exact) mass is 629 g/mol. The number of hydrogen-bond acceptors (Lipinski definition) is 9. The molecule has 5 N–H and O–H groups in total. The van der Waals surface area contributed by atoms with Gasteiger partial charge in [0.15, 0.2) is 29.3 Å². The molecular formula is C34H43N7O5. The summed E-state index contributed by atoms with van der Waals surface area (Å²) in [5.41, 5.74) is 5.41. The molecule has 5 rings (SSSR count). The van der Waals surface area contributed by atoms with E-state index >= 15 is 0 Å². The number of imidazole rings is 1. The molecule has 0 radical (unpaired) electrons. The van der Waals surface area contributed by atoms with Gasteiger partial charge in [-0.2, -0.15) is 0 Å². The normalized spacial score (nSPS) is 20.1. The fourth-order valence-corrected chi connectivity index (χ4v) is 5.32. The van der Waals surface area contributed by atoms with Gasteiger partial charge in [0.1, 0.15) is 18.5 Å². The fraction of sp³-hybridized carbons (Fsp3) is 0.441. The van der Waals surface area contributed by atoms with Gasteiger partial charge in [-0.1, -0.05) is 59.7 Å². The number of nitrogens with one attached hydrogen (secondary N) is 3. The number of benzene rings is 2. The Balaban J connectivity index is 1.23. The van der Waals surface area contributed by atoms with Crippen LogP contribution in [-0.4, -0.2) is 73.5 Å². The summed E-state index contributed by atoms with van der Waals surface area (Å²) in [5, 5.41) is 29.7. The Morgan fingerprint density at radius 2 is 1.57 bits per heavy atom. The van der Waals surface area contributed by atoms with E-state index in [1.165, 1.54) is 24.3 Å². The first-order valence-corrected chi connectivity index (χ1v) is 15.4. The van der Waals surface area contributed by atoms with Crippen molar-refractivity contribution in [3.05, 3.63) is 77.4 Å². The summed E-state index contributed by atoms with van der Waals surface area (Å²) in [6, 6.07) is 14.0. The lowest BCUT2D eigenvalue weighted by Gasteiger charge is -2.26. The van der Waals surface area contributed by atoms with E-state index in [-0.39, 0.29) is 16.7 Å². The Morgan fingerprint density at radius 1 is 0.913 bits per heavy atom. The molecule has 1 fully saturated rings. The van der Waals surface area contributed by atoms with Gasteiger partial charge in [0.05, 0.1) is 6.33 Å². The number of anilines is 2. The summed E-state index contributed by atoms with van der Waals surface area (Å²) >= 11 is 0. The average Bonchev–Trinajstić information content (AvgIpc) is 3.57. The lowest BCUT2D eigenvalue weighted by Crippen LogP contribution is -2.41. The first kappa shape index (κ1) is 33.0. The van der Waals surface area contributed by atoms with Crippen molar-refractivity contribution < 1.29 is 24.5 Å². The Morgan fingerprint density at radius 3 is 2.17 bits per heavy atom. The lowest BCUT2D eigenvalue weighted by atomic mass is 9.79. The van der Waals surface area contributed by atoms with Gasteiger partial charge in [0.25, 0.3) is 11.8 Å². The number of rotatable bonds is 8. The second-order valence-corrected chi connectivity index (χ2v) is 13.7. The summed E-state index contributed by atoms with van der Waals surface area (Å²) in [4.78, 5) is 38.3. The van der Waals surface area contributed by atoms with Gasteiger partial charge >= 0.3 is 0 Å². The number of amides is 2. The van der Waals surface area contributed by atoms with Crippen LogP contribution < -0.4 is 16.0 Å². The topological polar surface area (TPSA) is 164 Å². The van der Waals surface area contributed by atoms with Crippen LogP contribution in [0.1, 0.15) is 74.8 Å². The largest absolute Gasteiger partial charge is 0.387 e. The summed E-state index contributed by atoms with van der Waals surface area (Å²) in [6.45, 7) is 13.4. The highest BCUT2D eigenvalue weighted by molar-refractivity contribution is 5.94. The predicted octanol–water partition coefficient (Wildman–Crippen LogP) is 3.50. The van der Waals surface area contributed by atoms with Crippen molar-refractivity contribution in [2.45, 2.75) is 83.3 Å². The van der Waals surface area contributed by atoms with Crippen LogP contribution in [0.3, 0.4) is 0 Å². The summed E-state index contributed by atoms with van der Waals surface area (Å²) in [6.07, 6.45) is -1.62. The van der Waals surface area contributed by atoms with E-state index in [2.05, 4.69) is 78.5 Å². The van der Waals surface area contributed by atoms with Crippen molar-refractivity contribution in [1.82, 2.24) is 30.2 Å². The Hall–Kier alpha value is -4.39. The number of hydrogen-bond donors (Lipinski definition) is 5. The van der Waals surface area contributed by atoms with Crippen LogP contribution in [0.2, 0.25) is 0 Å². The van der Waals surface area contributed by atoms with Crippen LogP contribution in [0.25, 0.3) is 11.2 Å². The van der Waals surface area contributed by atoms with Gasteiger partial charge < -0.3 is 30.9 Å². The molecule has 4 aromatic rings. The molecule has 0 saturated carbocycles. The molecule has 2 unspecified atom stereocenters. The van der Waals surface area contributed by atoms with E-state index in [9.17, 15) is 19.8 Å². The zero-order valence-corrected chi connectivity index (χ0v) is 27.3. The number of aliphatic hydroxyl groups is 2. The minimum absolute atomic E-state index is 0.0719. The van der Waals surface area contributed by atoms with Crippen LogP contribution in [0.5, 0.6) is 0 Å². The molecule has 2 amide bonds. The second kappa shape index (κ2) is 12.8. The highest BCUT2D eigenvalue weighted by Gasteiger charge is 2.47. The molecule has 1 saturated heterocycles. The Kier molecular flexibility index (Phi) is 9.16. The molecule has 2 aromatic carbocycles. The van der Waals surface area contributed by atoms with E-state index in [0.29, 0.717) is 35.5 Å². The molecule has 2 aromatic heterocycles. The SMILES string of the molecule is CNC(=O)[C@H]1O[C@@H](n2cnc3c(Nc4ccc(CCNC(=O)c5cc(C(C)(C)C)cc(C(C)(C)C)c5)cc4)ncnc32)C(O)C1O. The highest BCUT2D eigenvalue weighted by atomic mass is 16.6. The summed E-state index contributed by atoms with van der Waals surface area (Å²) in [5.74, 6) is -0.190. The van der Waals surface area contributed by atoms with Gasteiger partial charge in [-0.05, 0) is 58.2 Å². The molecule has 0 bridgehead atoms. The third kappa shape index (κ3) is 6.88. The molecule has 12 nitrogen and oxygen atoms in total. The van der Waals surface area contributed by atoms with Crippen LogP contribution in [0, 0.1) is 0 Å². The quantitative estimate of drug-likeness (QED) is 0.196. The van der Waals surface area contributed by atoms with Crippen LogP contribution >= 0.6 is 0 Å². The van der Waals surface area contributed by atoms with E-state index in [4.69, 9.17) is 4.74 Å². The zero-order chi connectivity index (χ0) is 33.4. The maximum atomic E-state index is 13.1. The fourth-order valence-electron chi connectivity index (χ4n) is 5.32. The van der Waals surface area contributed by atoms with Crippen molar-refractivity contribution in [2.24, 2.45) is 0 Å². The first-order chi connectivity index (χ1) is 21.7. The Labute approximate surface area is 268 Å². The van der Waals surface area contributed by atoms with Crippen LogP contribution in [0.15, 0.2) is 55.1 Å². The highest BCUT2D eigenvalue weighted by Crippen LogP contribution is 2.33. The summed E-state index contributed by atoms with van der Waals surface area (Å²) in [7, 11) is 1.43. The molecule has 46 heavy (non-hydrogen) atoms. The molecule has 12 heteroatoms. The standard InChI is InChI=1S/C34H43N7O5/c1-33(2,3)21-14-20(15-22(16-21)34(4,5)6)30(44)36-13-12-19-8-10-23(11-9-19)40-28-24-29(38-17-37-28)41(18-39-24)32-26(43)25(42)27(46-32)31(45)35-7/h8-11,14-18,25-27,32,42-43H,12-13H2,1-7H3,(H,35,45)(H,36,44)(H,37,38,40)/t25?,26?,27-,32+/m0/s1. The number of aliphatic hydroxyl groups excluding tert-OH is 2. The maximum Gasteiger partial charge on any atom is 0.251 e. The zero-order valence-electron chi connectivity index (χ0n) is 27.3. The third-order valence-electron chi connectivity index (χ3n) is 8.22. The molecule has 3 heterocycles. The number of carbonyl (C=O) groups excluding carboxylic acids is 2. The van der Waals surface area contributed by atoms with Crippen LogP contribution in [0.4, 0.5) is 11.5 Å². The van der Waals surface area contributed by atoms with Gasteiger partial charge in [-0.3, -0.25) is 14.2 Å². The van der Waals surface area contributed by atoms with E-state index in [0.717, 1.165) is 22.4 Å². The molecule has 0 aliphatic carbocycles. The minimum Gasteiger partial charge on any atom is -0.387 e. The molecular weight excluding hydrogens is 586 g/mol. The molecule has 1 aliphatic rings. The lowest BCUT2D eigenvalue weighted by molar-refractivity contribution is -0.137. The summed E-state index contributed by atoms with van der Waals surface area (Å²) < 4.78 is 7.15. The van der Waals surface area contributed by atoms with Gasteiger partial charge in [0.2, 0.25) is 0 Å². The molecule has 1 aliphatic heterocycles. The first-order valence-electron chi connectivity index (χ1n) is 15.4. The second-order valence-electron chi connectivity index (χ2n) is 13.7. The Bertz CT molecular complexity index is 1690.